The zero-order valence-electron chi connectivity index (χ0n) is 15.7. The van der Waals surface area contributed by atoms with Gasteiger partial charge < -0.3 is 14.6 Å². The Balaban J connectivity index is 1.48. The van der Waals surface area contributed by atoms with Gasteiger partial charge in [-0.2, -0.15) is 0 Å². The molecule has 0 unspecified atom stereocenters. The van der Waals surface area contributed by atoms with Gasteiger partial charge >= 0.3 is 0 Å². The summed E-state index contributed by atoms with van der Waals surface area (Å²) in [5, 5.41) is 1.09. The van der Waals surface area contributed by atoms with Crippen LogP contribution in [0.3, 0.4) is 0 Å². The van der Waals surface area contributed by atoms with Crippen molar-refractivity contribution in [2.45, 2.75) is 46.5 Å². The average Bonchev–Trinajstić information content (AvgIpc) is 2.61. The number of ether oxygens (including phenoxy) is 1. The summed E-state index contributed by atoms with van der Waals surface area (Å²) in [6.07, 6.45) is 4.92. The summed E-state index contributed by atoms with van der Waals surface area (Å²) in [5.74, 6) is 1.73. The Kier molecular flexibility index (Phi) is 5.79. The lowest BCUT2D eigenvalue weighted by Crippen LogP contribution is -2.33. The first-order valence-electron chi connectivity index (χ1n) is 9.53. The van der Waals surface area contributed by atoms with Crippen molar-refractivity contribution in [3.8, 4) is 5.75 Å². The number of unbranched alkanes of at least 4 members (excludes halogenated alkanes) is 1. The molecule has 0 saturated carbocycles. The maximum atomic E-state index is 11.9. The first kappa shape index (κ1) is 18.0. The molecule has 0 atom stereocenters. The number of aromatic nitrogens is 1. The highest BCUT2D eigenvalue weighted by Gasteiger charge is 2.14. The van der Waals surface area contributed by atoms with Gasteiger partial charge in [-0.25, -0.2) is 0 Å². The number of nitrogens with zero attached hydrogens (tertiary/aromatic N) is 1. The van der Waals surface area contributed by atoms with E-state index in [4.69, 9.17) is 4.74 Å². The number of aryl methyl sites for hydroxylation is 1. The lowest BCUT2D eigenvalue weighted by Gasteiger charge is -2.30. The summed E-state index contributed by atoms with van der Waals surface area (Å²) in [5.41, 5.74) is 2.67. The molecule has 1 saturated heterocycles. The van der Waals surface area contributed by atoms with Crippen LogP contribution in [-0.2, 0) is 0 Å². The fourth-order valence-corrected chi connectivity index (χ4v) is 3.55. The molecule has 1 aromatic heterocycles. The number of hydrogen-bond donors (Lipinski definition) is 1. The van der Waals surface area contributed by atoms with E-state index < -0.39 is 0 Å². The van der Waals surface area contributed by atoms with Gasteiger partial charge in [-0.1, -0.05) is 6.92 Å². The number of nitrogens with one attached hydrogen (secondary N) is 1. The van der Waals surface area contributed by atoms with Gasteiger partial charge in [-0.05, 0) is 82.8 Å². The van der Waals surface area contributed by atoms with E-state index in [2.05, 4.69) is 16.8 Å². The van der Waals surface area contributed by atoms with Crippen LogP contribution in [0, 0.1) is 19.8 Å². The third-order valence-corrected chi connectivity index (χ3v) is 5.56. The number of hydrogen-bond acceptors (Lipinski definition) is 3. The van der Waals surface area contributed by atoms with Crippen LogP contribution in [0.15, 0.2) is 23.0 Å². The molecule has 1 fully saturated rings. The van der Waals surface area contributed by atoms with E-state index in [1.807, 2.05) is 32.0 Å². The summed E-state index contributed by atoms with van der Waals surface area (Å²) in [6.45, 7) is 10.6. The number of rotatable bonds is 6. The van der Waals surface area contributed by atoms with Crippen LogP contribution in [0.25, 0.3) is 10.9 Å². The first-order chi connectivity index (χ1) is 12.0. The zero-order valence-corrected chi connectivity index (χ0v) is 15.7. The maximum absolute atomic E-state index is 11.9. The molecule has 1 N–H and O–H groups in total. The standard InChI is InChI=1S/C21H30N2O2/c1-15-8-11-23(12-9-15)10-4-5-13-25-18-6-7-19-16(2)17(3)21(24)22-20(19)14-18/h6-7,14-15H,4-5,8-13H2,1-3H3,(H,22,24). The molecule has 4 nitrogen and oxygen atoms in total. The van der Waals surface area contributed by atoms with E-state index in [-0.39, 0.29) is 5.56 Å². The number of pyridine rings is 1. The van der Waals surface area contributed by atoms with E-state index in [9.17, 15) is 4.79 Å². The maximum Gasteiger partial charge on any atom is 0.251 e. The molecule has 1 aromatic carbocycles. The smallest absolute Gasteiger partial charge is 0.251 e. The Morgan fingerprint density at radius 2 is 1.92 bits per heavy atom. The van der Waals surface area contributed by atoms with Crippen molar-refractivity contribution in [1.82, 2.24) is 9.88 Å². The molecule has 4 heteroatoms. The Morgan fingerprint density at radius 1 is 1.16 bits per heavy atom. The third-order valence-electron chi connectivity index (χ3n) is 5.56. The molecule has 0 aliphatic carbocycles. The summed E-state index contributed by atoms with van der Waals surface area (Å²) < 4.78 is 5.89. The van der Waals surface area contributed by atoms with Gasteiger partial charge in [0.1, 0.15) is 5.75 Å². The average molecular weight is 342 g/mol. The summed E-state index contributed by atoms with van der Waals surface area (Å²) in [6, 6.07) is 5.98. The van der Waals surface area contributed by atoms with Crippen LogP contribution >= 0.6 is 0 Å². The van der Waals surface area contributed by atoms with Crippen LogP contribution in [0.4, 0.5) is 0 Å². The van der Waals surface area contributed by atoms with Gasteiger partial charge in [0, 0.05) is 17.0 Å². The molecule has 25 heavy (non-hydrogen) atoms. The molecule has 136 valence electrons. The quantitative estimate of drug-likeness (QED) is 0.806. The van der Waals surface area contributed by atoms with Gasteiger partial charge in [-0.15, -0.1) is 0 Å². The Bertz CT molecular complexity index is 773. The Morgan fingerprint density at radius 3 is 2.68 bits per heavy atom. The predicted octanol–water partition coefficient (Wildman–Crippen LogP) is 4.04. The van der Waals surface area contributed by atoms with Crippen molar-refractivity contribution in [3.05, 3.63) is 39.7 Å². The van der Waals surface area contributed by atoms with E-state index in [0.717, 1.165) is 46.7 Å². The van der Waals surface area contributed by atoms with Crippen molar-refractivity contribution in [2.75, 3.05) is 26.2 Å². The summed E-state index contributed by atoms with van der Waals surface area (Å²) >= 11 is 0. The van der Waals surface area contributed by atoms with E-state index >= 15 is 0 Å². The minimum atomic E-state index is -0.0157. The predicted molar refractivity (Wildman–Crippen MR) is 104 cm³/mol. The number of aromatic amines is 1. The van der Waals surface area contributed by atoms with Gasteiger partial charge in [-0.3, -0.25) is 4.79 Å². The van der Waals surface area contributed by atoms with Crippen LogP contribution in [0.5, 0.6) is 5.75 Å². The highest BCUT2D eigenvalue weighted by molar-refractivity contribution is 5.83. The lowest BCUT2D eigenvalue weighted by molar-refractivity contribution is 0.185. The largest absolute Gasteiger partial charge is 0.494 e. The monoisotopic (exact) mass is 342 g/mol. The molecule has 0 amide bonds. The highest BCUT2D eigenvalue weighted by atomic mass is 16.5. The number of fused-ring (bicyclic) bond motifs is 1. The van der Waals surface area contributed by atoms with Crippen LogP contribution in [0.2, 0.25) is 0 Å². The second-order valence-corrected chi connectivity index (χ2v) is 7.49. The second kappa shape index (κ2) is 8.05. The molecule has 0 radical (unpaired) electrons. The second-order valence-electron chi connectivity index (χ2n) is 7.49. The molecular weight excluding hydrogens is 312 g/mol. The Hall–Kier alpha value is -1.81. The van der Waals surface area contributed by atoms with Crippen molar-refractivity contribution < 1.29 is 4.74 Å². The van der Waals surface area contributed by atoms with Gasteiger partial charge in [0.2, 0.25) is 0 Å². The number of H-pyrrole nitrogens is 1. The number of piperidine rings is 1. The summed E-state index contributed by atoms with van der Waals surface area (Å²) in [4.78, 5) is 17.5. The van der Waals surface area contributed by atoms with Gasteiger partial charge in [0.25, 0.3) is 5.56 Å². The fourth-order valence-electron chi connectivity index (χ4n) is 3.55. The molecule has 0 spiro atoms. The minimum Gasteiger partial charge on any atom is -0.494 e. The number of likely N-dealkylation sites (tertiary alicyclic amines) is 1. The van der Waals surface area contributed by atoms with E-state index in [1.165, 1.54) is 38.9 Å². The number of benzene rings is 1. The van der Waals surface area contributed by atoms with Gasteiger partial charge in [0.15, 0.2) is 0 Å². The molecular formula is C21H30N2O2. The third kappa shape index (κ3) is 4.43. The fraction of sp³-hybridized carbons (Fsp3) is 0.571. The molecule has 3 rings (SSSR count). The molecule has 0 bridgehead atoms. The SMILES string of the molecule is Cc1c(C)c2ccc(OCCCCN3CCC(C)CC3)cc2[nH]c1=O. The van der Waals surface area contributed by atoms with Crippen LogP contribution in [0.1, 0.15) is 43.7 Å². The molecule has 1 aliphatic heterocycles. The minimum absolute atomic E-state index is 0.0157. The van der Waals surface area contributed by atoms with Crippen molar-refractivity contribution in [2.24, 2.45) is 5.92 Å². The van der Waals surface area contributed by atoms with Crippen LogP contribution < -0.4 is 10.3 Å². The van der Waals surface area contributed by atoms with Gasteiger partial charge in [0.05, 0.1) is 12.1 Å². The van der Waals surface area contributed by atoms with Crippen molar-refractivity contribution in [3.63, 3.8) is 0 Å². The van der Waals surface area contributed by atoms with Crippen molar-refractivity contribution in [1.29, 1.82) is 0 Å². The summed E-state index contributed by atoms with van der Waals surface area (Å²) in [7, 11) is 0. The van der Waals surface area contributed by atoms with Crippen LogP contribution in [-0.4, -0.2) is 36.1 Å². The first-order valence-corrected chi connectivity index (χ1v) is 9.53. The van der Waals surface area contributed by atoms with E-state index in [0.29, 0.717) is 0 Å². The van der Waals surface area contributed by atoms with Crippen molar-refractivity contribution >= 4 is 10.9 Å². The highest BCUT2D eigenvalue weighted by Crippen LogP contribution is 2.22. The zero-order chi connectivity index (χ0) is 17.8. The molecule has 2 aromatic rings. The Labute approximate surface area is 150 Å². The molecule has 1 aliphatic rings. The molecule has 2 heterocycles. The van der Waals surface area contributed by atoms with E-state index in [1.54, 1.807) is 0 Å². The lowest BCUT2D eigenvalue weighted by atomic mass is 9.99. The normalized spacial score (nSPS) is 16.4. The topological polar surface area (TPSA) is 45.3 Å².